The molecule has 1 unspecified atom stereocenters. The Morgan fingerprint density at radius 2 is 2.53 bits per heavy atom. The molecule has 2 N–H and O–H groups in total. The molecule has 0 radical (unpaired) electrons. The Morgan fingerprint density at radius 1 is 1.74 bits per heavy atom. The standard InChI is InChI=1S/C11H17N5O3/c1-8-14-10(16(18)19)6-15(8)7-11(17)13-5-9-3-2-4-12-9/h6,9,12H,2-5,7H2,1H3,(H,13,17). The maximum Gasteiger partial charge on any atom is 0.381 e. The summed E-state index contributed by atoms with van der Waals surface area (Å²) in [5.74, 6) is 0.0627. The maximum absolute atomic E-state index is 11.7. The third-order valence-electron chi connectivity index (χ3n) is 3.17. The smallest absolute Gasteiger partial charge is 0.358 e. The number of hydrogen-bond acceptors (Lipinski definition) is 5. The summed E-state index contributed by atoms with van der Waals surface area (Å²) in [5.41, 5.74) is 0. The van der Waals surface area contributed by atoms with E-state index in [4.69, 9.17) is 0 Å². The highest BCUT2D eigenvalue weighted by Crippen LogP contribution is 2.10. The van der Waals surface area contributed by atoms with Crippen LogP contribution in [0.2, 0.25) is 0 Å². The Hall–Kier alpha value is -1.96. The molecule has 1 atom stereocenters. The zero-order valence-corrected chi connectivity index (χ0v) is 10.8. The second-order valence-electron chi connectivity index (χ2n) is 4.63. The number of nitro groups is 1. The van der Waals surface area contributed by atoms with Crippen molar-refractivity contribution in [2.75, 3.05) is 13.1 Å². The minimum atomic E-state index is -0.566. The molecule has 8 nitrogen and oxygen atoms in total. The molecule has 0 bridgehead atoms. The number of amides is 1. The molecular formula is C11H17N5O3. The van der Waals surface area contributed by atoms with Crippen molar-refractivity contribution in [2.24, 2.45) is 0 Å². The number of imidazole rings is 1. The average molecular weight is 267 g/mol. The summed E-state index contributed by atoms with van der Waals surface area (Å²) in [7, 11) is 0. The molecule has 1 amide bonds. The largest absolute Gasteiger partial charge is 0.381 e. The molecule has 1 saturated heterocycles. The van der Waals surface area contributed by atoms with Gasteiger partial charge in [0.05, 0.1) is 0 Å². The first-order valence-corrected chi connectivity index (χ1v) is 6.24. The number of aromatic nitrogens is 2. The summed E-state index contributed by atoms with van der Waals surface area (Å²) in [6.45, 7) is 3.28. The Bertz CT molecular complexity index is 479. The number of nitrogens with one attached hydrogen (secondary N) is 2. The Kier molecular flexibility index (Phi) is 4.10. The van der Waals surface area contributed by atoms with Gasteiger partial charge in [0.1, 0.15) is 12.7 Å². The van der Waals surface area contributed by atoms with Gasteiger partial charge in [-0.3, -0.25) is 9.36 Å². The van der Waals surface area contributed by atoms with E-state index in [1.807, 2.05) is 0 Å². The molecule has 0 spiro atoms. The number of carbonyl (C=O) groups is 1. The van der Waals surface area contributed by atoms with Gasteiger partial charge in [-0.1, -0.05) is 0 Å². The summed E-state index contributed by atoms with van der Waals surface area (Å²) in [5, 5.41) is 16.7. The lowest BCUT2D eigenvalue weighted by Crippen LogP contribution is -2.38. The second kappa shape index (κ2) is 5.79. The lowest BCUT2D eigenvalue weighted by molar-refractivity contribution is -0.389. The molecule has 0 saturated carbocycles. The fourth-order valence-corrected chi connectivity index (χ4v) is 2.12. The SMILES string of the molecule is Cc1nc([N+](=O)[O-])cn1CC(=O)NCC1CCCN1. The van der Waals surface area contributed by atoms with Crippen molar-refractivity contribution in [1.82, 2.24) is 20.2 Å². The first kappa shape index (κ1) is 13.5. The molecule has 1 fully saturated rings. The van der Waals surface area contributed by atoms with Crippen molar-refractivity contribution in [1.29, 1.82) is 0 Å². The van der Waals surface area contributed by atoms with Gasteiger partial charge in [0.15, 0.2) is 0 Å². The lowest BCUT2D eigenvalue weighted by Gasteiger charge is -2.11. The van der Waals surface area contributed by atoms with Gasteiger partial charge in [-0.05, 0) is 29.3 Å². The van der Waals surface area contributed by atoms with Gasteiger partial charge in [-0.15, -0.1) is 0 Å². The average Bonchev–Trinajstić information content (AvgIpc) is 2.97. The monoisotopic (exact) mass is 267 g/mol. The summed E-state index contributed by atoms with van der Waals surface area (Å²) in [4.78, 5) is 25.5. The second-order valence-corrected chi connectivity index (χ2v) is 4.63. The van der Waals surface area contributed by atoms with Gasteiger partial charge in [-0.25, -0.2) is 0 Å². The molecule has 8 heteroatoms. The van der Waals surface area contributed by atoms with E-state index in [0.29, 0.717) is 18.4 Å². The predicted octanol–water partition coefficient (Wildman–Crippen LogP) is -0.0321. The highest BCUT2D eigenvalue weighted by molar-refractivity contribution is 5.75. The quantitative estimate of drug-likeness (QED) is 0.576. The van der Waals surface area contributed by atoms with Crippen molar-refractivity contribution in [3.63, 3.8) is 0 Å². The molecule has 0 aliphatic carbocycles. The van der Waals surface area contributed by atoms with E-state index < -0.39 is 4.92 Å². The van der Waals surface area contributed by atoms with Crippen LogP contribution in [0.1, 0.15) is 18.7 Å². The summed E-state index contributed by atoms with van der Waals surface area (Å²) in [6, 6.07) is 0.335. The molecular weight excluding hydrogens is 250 g/mol. The fraction of sp³-hybridized carbons (Fsp3) is 0.636. The van der Waals surface area contributed by atoms with Gasteiger partial charge in [0.2, 0.25) is 11.7 Å². The molecule has 1 aliphatic rings. The zero-order chi connectivity index (χ0) is 13.8. The van der Waals surface area contributed by atoms with Gasteiger partial charge < -0.3 is 20.7 Å². The van der Waals surface area contributed by atoms with Gasteiger partial charge in [-0.2, -0.15) is 0 Å². The first-order chi connectivity index (χ1) is 9.06. The van der Waals surface area contributed by atoms with E-state index in [-0.39, 0.29) is 18.3 Å². The Labute approximate surface area is 110 Å². The van der Waals surface area contributed by atoms with Crippen LogP contribution in [0.25, 0.3) is 0 Å². The van der Waals surface area contributed by atoms with Crippen molar-refractivity contribution < 1.29 is 9.72 Å². The van der Waals surface area contributed by atoms with E-state index in [2.05, 4.69) is 15.6 Å². The van der Waals surface area contributed by atoms with Gasteiger partial charge in [0.25, 0.3) is 0 Å². The first-order valence-electron chi connectivity index (χ1n) is 6.24. The Balaban J connectivity index is 1.85. The molecule has 104 valence electrons. The highest BCUT2D eigenvalue weighted by atomic mass is 16.6. The predicted molar refractivity (Wildman–Crippen MR) is 67.7 cm³/mol. The van der Waals surface area contributed by atoms with Crippen molar-refractivity contribution in [2.45, 2.75) is 32.4 Å². The van der Waals surface area contributed by atoms with Crippen molar-refractivity contribution >= 4 is 11.7 Å². The van der Waals surface area contributed by atoms with Crippen LogP contribution in [-0.2, 0) is 11.3 Å². The molecule has 0 aromatic carbocycles. The van der Waals surface area contributed by atoms with E-state index in [0.717, 1.165) is 19.4 Å². The van der Waals surface area contributed by atoms with Crippen LogP contribution in [0, 0.1) is 17.0 Å². The van der Waals surface area contributed by atoms with E-state index in [9.17, 15) is 14.9 Å². The van der Waals surface area contributed by atoms with Crippen LogP contribution < -0.4 is 10.6 Å². The number of hydrogen-bond donors (Lipinski definition) is 2. The molecule has 1 aromatic rings. The summed E-state index contributed by atoms with van der Waals surface area (Å²) < 4.78 is 1.48. The van der Waals surface area contributed by atoms with Crippen LogP contribution in [0.5, 0.6) is 0 Å². The normalized spacial score (nSPS) is 18.5. The molecule has 2 rings (SSSR count). The minimum Gasteiger partial charge on any atom is -0.358 e. The number of rotatable bonds is 5. The van der Waals surface area contributed by atoms with Crippen LogP contribution in [0.3, 0.4) is 0 Å². The lowest BCUT2D eigenvalue weighted by atomic mass is 10.2. The molecule has 19 heavy (non-hydrogen) atoms. The molecule has 2 heterocycles. The van der Waals surface area contributed by atoms with Gasteiger partial charge >= 0.3 is 5.82 Å². The Morgan fingerprint density at radius 3 is 3.11 bits per heavy atom. The van der Waals surface area contributed by atoms with E-state index >= 15 is 0 Å². The maximum atomic E-state index is 11.7. The number of nitrogens with zero attached hydrogens (tertiary/aromatic N) is 3. The minimum absolute atomic E-state index is 0.0550. The van der Waals surface area contributed by atoms with Crippen LogP contribution in [0.15, 0.2) is 6.20 Å². The number of carbonyl (C=O) groups excluding carboxylic acids is 1. The van der Waals surface area contributed by atoms with E-state index in [1.54, 1.807) is 6.92 Å². The molecule has 1 aromatic heterocycles. The van der Waals surface area contributed by atoms with Gasteiger partial charge in [0, 0.05) is 19.5 Å². The van der Waals surface area contributed by atoms with Crippen molar-refractivity contribution in [3.05, 3.63) is 22.1 Å². The topological polar surface area (TPSA) is 102 Å². The molecule has 1 aliphatic heterocycles. The van der Waals surface area contributed by atoms with Crippen molar-refractivity contribution in [3.8, 4) is 0 Å². The summed E-state index contributed by atoms with van der Waals surface area (Å²) >= 11 is 0. The summed E-state index contributed by atoms with van der Waals surface area (Å²) in [6.07, 6.45) is 3.48. The number of aryl methyl sites for hydroxylation is 1. The van der Waals surface area contributed by atoms with Crippen LogP contribution in [-0.4, -0.2) is 39.5 Å². The van der Waals surface area contributed by atoms with Crippen LogP contribution >= 0.6 is 0 Å². The third kappa shape index (κ3) is 3.50. The fourth-order valence-electron chi connectivity index (χ4n) is 2.12. The van der Waals surface area contributed by atoms with E-state index in [1.165, 1.54) is 10.8 Å². The third-order valence-corrected chi connectivity index (χ3v) is 3.17. The van der Waals surface area contributed by atoms with Crippen LogP contribution in [0.4, 0.5) is 5.82 Å². The highest BCUT2D eigenvalue weighted by Gasteiger charge is 2.18. The zero-order valence-electron chi connectivity index (χ0n) is 10.8.